The number of carbonyl (C=O) groups excluding carboxylic acids is 1. The van der Waals surface area contributed by atoms with Gasteiger partial charge in [-0.1, -0.05) is 25.6 Å². The van der Waals surface area contributed by atoms with Crippen LogP contribution < -0.4 is 0 Å². The standard InChI is InChI=1S/C12H19N5O2S/c1-8(2)12(19)6-16(7-12)10(18)5-20-11-13-14-15-17(11)9-3-4-9/h8-9,19H,3-7H2,1-2H3. The van der Waals surface area contributed by atoms with E-state index >= 15 is 0 Å². The fourth-order valence-electron chi connectivity index (χ4n) is 2.20. The van der Waals surface area contributed by atoms with Crippen molar-refractivity contribution in [3.05, 3.63) is 0 Å². The molecule has 0 radical (unpaired) electrons. The Kier molecular flexibility index (Phi) is 3.45. The zero-order valence-corrected chi connectivity index (χ0v) is 12.5. The van der Waals surface area contributed by atoms with Crippen LogP contribution in [0.4, 0.5) is 0 Å². The highest BCUT2D eigenvalue weighted by atomic mass is 32.2. The van der Waals surface area contributed by atoms with E-state index in [1.54, 1.807) is 9.58 Å². The third-order valence-corrected chi connectivity index (χ3v) is 4.96. The van der Waals surface area contributed by atoms with E-state index in [9.17, 15) is 9.90 Å². The van der Waals surface area contributed by atoms with Crippen molar-refractivity contribution in [2.45, 2.75) is 43.5 Å². The Labute approximate surface area is 121 Å². The summed E-state index contributed by atoms with van der Waals surface area (Å²) in [7, 11) is 0. The van der Waals surface area contributed by atoms with Gasteiger partial charge in [-0.2, -0.15) is 0 Å². The van der Waals surface area contributed by atoms with E-state index in [1.165, 1.54) is 11.8 Å². The maximum Gasteiger partial charge on any atom is 0.233 e. The Morgan fingerprint density at radius 1 is 1.50 bits per heavy atom. The number of thioether (sulfide) groups is 1. The van der Waals surface area contributed by atoms with Crippen LogP contribution in [0.5, 0.6) is 0 Å². The van der Waals surface area contributed by atoms with Crippen molar-refractivity contribution in [2.75, 3.05) is 18.8 Å². The van der Waals surface area contributed by atoms with Crippen LogP contribution in [-0.4, -0.2) is 60.6 Å². The molecule has 1 amide bonds. The van der Waals surface area contributed by atoms with E-state index in [1.807, 2.05) is 13.8 Å². The van der Waals surface area contributed by atoms with Crippen LogP contribution in [0.15, 0.2) is 5.16 Å². The molecule has 2 heterocycles. The van der Waals surface area contributed by atoms with Gasteiger partial charge in [0.25, 0.3) is 0 Å². The normalized spacial score (nSPS) is 21.1. The molecule has 1 aliphatic carbocycles. The summed E-state index contributed by atoms with van der Waals surface area (Å²) in [5, 5.41) is 22.4. The molecule has 0 bridgehead atoms. The summed E-state index contributed by atoms with van der Waals surface area (Å²) < 4.78 is 1.80. The largest absolute Gasteiger partial charge is 0.386 e. The van der Waals surface area contributed by atoms with Gasteiger partial charge in [-0.05, 0) is 29.2 Å². The van der Waals surface area contributed by atoms with Gasteiger partial charge in [-0.25, -0.2) is 4.68 Å². The van der Waals surface area contributed by atoms with Gasteiger partial charge in [-0.15, -0.1) is 5.10 Å². The molecule has 1 N–H and O–H groups in total. The van der Waals surface area contributed by atoms with E-state index in [-0.39, 0.29) is 11.8 Å². The number of aromatic nitrogens is 4. The van der Waals surface area contributed by atoms with Gasteiger partial charge in [0.2, 0.25) is 11.1 Å². The minimum Gasteiger partial charge on any atom is -0.386 e. The first-order valence-electron chi connectivity index (χ1n) is 6.90. The molecule has 0 unspecified atom stereocenters. The fraction of sp³-hybridized carbons (Fsp3) is 0.833. The Bertz CT molecular complexity index is 508. The summed E-state index contributed by atoms with van der Waals surface area (Å²) in [6.07, 6.45) is 2.22. The summed E-state index contributed by atoms with van der Waals surface area (Å²) in [5.41, 5.74) is -0.712. The van der Waals surface area contributed by atoms with E-state index in [4.69, 9.17) is 0 Å². The molecule has 1 aromatic rings. The molecule has 110 valence electrons. The number of β-amino-alcohol motifs (C(OH)–C–C–N with tert-alkyl or cyclic N) is 1. The highest BCUT2D eigenvalue weighted by molar-refractivity contribution is 7.99. The zero-order valence-electron chi connectivity index (χ0n) is 11.7. The quantitative estimate of drug-likeness (QED) is 0.789. The summed E-state index contributed by atoms with van der Waals surface area (Å²) in [6.45, 7) is 4.80. The highest BCUT2D eigenvalue weighted by Crippen LogP contribution is 2.36. The summed E-state index contributed by atoms with van der Waals surface area (Å²) >= 11 is 1.37. The van der Waals surface area contributed by atoms with E-state index in [0.29, 0.717) is 30.0 Å². The molecule has 8 heteroatoms. The van der Waals surface area contributed by atoms with Crippen LogP contribution in [0.2, 0.25) is 0 Å². The predicted octanol–water partition coefficient (Wildman–Crippen LogP) is 0.329. The number of aliphatic hydroxyl groups is 1. The molecule has 2 fully saturated rings. The van der Waals surface area contributed by atoms with Crippen molar-refractivity contribution in [3.8, 4) is 0 Å². The van der Waals surface area contributed by atoms with E-state index in [0.717, 1.165) is 12.8 Å². The minimum absolute atomic E-state index is 0.0330. The number of hydrogen-bond donors (Lipinski definition) is 1. The van der Waals surface area contributed by atoms with E-state index in [2.05, 4.69) is 15.5 Å². The van der Waals surface area contributed by atoms with Crippen molar-refractivity contribution < 1.29 is 9.90 Å². The second-order valence-electron chi connectivity index (χ2n) is 5.93. The fourth-order valence-corrected chi connectivity index (χ4v) is 3.05. The van der Waals surface area contributed by atoms with Gasteiger partial charge in [0.05, 0.1) is 24.9 Å². The lowest BCUT2D eigenvalue weighted by Crippen LogP contribution is -2.66. The van der Waals surface area contributed by atoms with Crippen molar-refractivity contribution >= 4 is 17.7 Å². The third-order valence-electron chi connectivity index (χ3n) is 4.04. The molecule has 1 saturated carbocycles. The average molecular weight is 297 g/mol. The van der Waals surface area contributed by atoms with Gasteiger partial charge >= 0.3 is 0 Å². The van der Waals surface area contributed by atoms with Crippen molar-refractivity contribution in [1.29, 1.82) is 0 Å². The average Bonchev–Trinajstić information content (AvgIpc) is 3.11. The molecule has 20 heavy (non-hydrogen) atoms. The SMILES string of the molecule is CC(C)C1(O)CN(C(=O)CSc2nnnn2C2CC2)C1. The van der Waals surface area contributed by atoms with Crippen LogP contribution in [-0.2, 0) is 4.79 Å². The minimum atomic E-state index is -0.712. The molecule has 0 atom stereocenters. The molecule has 1 saturated heterocycles. The van der Waals surface area contributed by atoms with Crippen LogP contribution in [0.3, 0.4) is 0 Å². The van der Waals surface area contributed by atoms with Gasteiger partial charge in [0, 0.05) is 0 Å². The number of hydrogen-bond acceptors (Lipinski definition) is 6. The molecule has 2 aliphatic rings. The Hall–Kier alpha value is -1.15. The summed E-state index contributed by atoms with van der Waals surface area (Å²) in [4.78, 5) is 13.7. The smallest absolute Gasteiger partial charge is 0.233 e. The van der Waals surface area contributed by atoms with Crippen molar-refractivity contribution in [2.24, 2.45) is 5.92 Å². The first kappa shape index (κ1) is 13.8. The third kappa shape index (κ3) is 2.54. The van der Waals surface area contributed by atoms with Gasteiger partial charge < -0.3 is 10.0 Å². The van der Waals surface area contributed by atoms with Gasteiger partial charge in [0.1, 0.15) is 5.60 Å². The van der Waals surface area contributed by atoms with Crippen molar-refractivity contribution in [1.82, 2.24) is 25.1 Å². The van der Waals surface area contributed by atoms with Crippen molar-refractivity contribution in [3.63, 3.8) is 0 Å². The lowest BCUT2D eigenvalue weighted by atomic mass is 9.83. The monoisotopic (exact) mass is 297 g/mol. The van der Waals surface area contributed by atoms with Crippen LogP contribution in [0, 0.1) is 5.92 Å². The Morgan fingerprint density at radius 3 is 2.80 bits per heavy atom. The van der Waals surface area contributed by atoms with Crippen LogP contribution >= 0.6 is 11.8 Å². The zero-order chi connectivity index (χ0) is 14.3. The number of rotatable bonds is 5. The highest BCUT2D eigenvalue weighted by Gasteiger charge is 2.45. The summed E-state index contributed by atoms with van der Waals surface area (Å²) in [6, 6.07) is 0.414. The van der Waals surface area contributed by atoms with E-state index < -0.39 is 5.60 Å². The Balaban J connectivity index is 1.50. The van der Waals surface area contributed by atoms with Crippen LogP contribution in [0.1, 0.15) is 32.7 Å². The first-order valence-corrected chi connectivity index (χ1v) is 7.89. The molecule has 3 rings (SSSR count). The molecule has 1 aliphatic heterocycles. The number of likely N-dealkylation sites (tertiary alicyclic amines) is 1. The van der Waals surface area contributed by atoms with Gasteiger partial charge in [0.15, 0.2) is 0 Å². The maximum absolute atomic E-state index is 12.0. The lowest BCUT2D eigenvalue weighted by molar-refractivity contribution is -0.161. The number of carbonyl (C=O) groups is 1. The molecule has 0 spiro atoms. The Morgan fingerprint density at radius 2 is 2.20 bits per heavy atom. The van der Waals surface area contributed by atoms with Gasteiger partial charge in [-0.3, -0.25) is 4.79 Å². The topological polar surface area (TPSA) is 84.1 Å². The molecule has 7 nitrogen and oxygen atoms in total. The summed E-state index contributed by atoms with van der Waals surface area (Å²) in [5.74, 6) is 0.522. The maximum atomic E-state index is 12.0. The molecular weight excluding hydrogens is 278 g/mol. The number of tetrazole rings is 1. The first-order chi connectivity index (χ1) is 9.49. The second kappa shape index (κ2) is 5.00. The predicted molar refractivity (Wildman–Crippen MR) is 73.2 cm³/mol. The van der Waals surface area contributed by atoms with Crippen LogP contribution in [0.25, 0.3) is 0 Å². The molecule has 0 aromatic carbocycles. The lowest BCUT2D eigenvalue weighted by Gasteiger charge is -2.49. The number of nitrogens with zero attached hydrogens (tertiary/aromatic N) is 5. The molecule has 1 aromatic heterocycles. The molecular formula is C12H19N5O2S. The number of amides is 1. The second-order valence-corrected chi connectivity index (χ2v) is 6.88.